The molecule has 1 fully saturated rings. The van der Waals surface area contributed by atoms with Gasteiger partial charge in [-0.25, -0.2) is 0 Å². The Kier molecular flexibility index (Phi) is 4.45. The van der Waals surface area contributed by atoms with Crippen LogP contribution in [0.3, 0.4) is 0 Å². The summed E-state index contributed by atoms with van der Waals surface area (Å²) >= 11 is 3.42. The minimum absolute atomic E-state index is 0.0171. The van der Waals surface area contributed by atoms with Crippen LogP contribution >= 0.6 is 15.9 Å². The van der Waals surface area contributed by atoms with E-state index in [4.69, 9.17) is 5.73 Å². The topological polar surface area (TPSA) is 60.0 Å². The molecule has 1 aliphatic rings. The molecule has 0 aromatic carbocycles. The molecule has 1 aromatic rings. The van der Waals surface area contributed by atoms with E-state index in [9.17, 15) is 4.79 Å². The van der Waals surface area contributed by atoms with Gasteiger partial charge in [-0.05, 0) is 47.2 Å². The maximum Gasteiger partial charge on any atom is 0.268 e. The van der Waals surface area contributed by atoms with Crippen molar-refractivity contribution in [1.82, 2.24) is 9.88 Å². The van der Waals surface area contributed by atoms with Gasteiger partial charge in [0.2, 0.25) is 0 Å². The fraction of sp³-hybridized carbons (Fsp3) is 0.615. The van der Waals surface area contributed by atoms with E-state index in [0.29, 0.717) is 18.2 Å². The van der Waals surface area contributed by atoms with Crippen LogP contribution in [0.1, 0.15) is 36.7 Å². The summed E-state index contributed by atoms with van der Waals surface area (Å²) in [6.45, 7) is 3.47. The smallest absolute Gasteiger partial charge is 0.268 e. The molecular weight excluding hydrogens is 294 g/mol. The molecule has 2 rings (SSSR count). The molecule has 0 radical (unpaired) electrons. The Bertz CT molecular complexity index is 426. The number of carbonyl (C=O) groups is 1. The van der Waals surface area contributed by atoms with E-state index in [-0.39, 0.29) is 11.9 Å². The van der Waals surface area contributed by atoms with Crippen LogP contribution < -0.4 is 11.1 Å². The van der Waals surface area contributed by atoms with E-state index < -0.39 is 0 Å². The first kappa shape index (κ1) is 13.6. The van der Waals surface area contributed by atoms with E-state index in [2.05, 4.69) is 28.2 Å². The second-order valence-corrected chi connectivity index (χ2v) is 5.81. The van der Waals surface area contributed by atoms with Crippen LogP contribution in [0.5, 0.6) is 0 Å². The predicted molar refractivity (Wildman–Crippen MR) is 75.5 cm³/mol. The molecule has 18 heavy (non-hydrogen) atoms. The molecule has 1 aliphatic carbocycles. The van der Waals surface area contributed by atoms with Gasteiger partial charge in [0, 0.05) is 29.8 Å². The van der Waals surface area contributed by atoms with Gasteiger partial charge in [0.05, 0.1) is 0 Å². The van der Waals surface area contributed by atoms with Crippen molar-refractivity contribution in [3.63, 3.8) is 0 Å². The molecule has 0 bridgehead atoms. The molecule has 5 heteroatoms. The number of nitrogens with one attached hydrogen (secondary N) is 1. The minimum atomic E-state index is -0.0171. The van der Waals surface area contributed by atoms with E-state index in [0.717, 1.165) is 17.4 Å². The van der Waals surface area contributed by atoms with Crippen LogP contribution in [0.25, 0.3) is 0 Å². The number of nitrogens with two attached hydrogens (primary N) is 1. The van der Waals surface area contributed by atoms with E-state index in [1.165, 1.54) is 12.8 Å². The SMILES string of the molecule is CCCn1cc(Br)cc1C(=O)NC(CN)C1CC1. The number of aryl methyl sites for hydroxylation is 1. The summed E-state index contributed by atoms with van der Waals surface area (Å²) in [7, 11) is 0. The second-order valence-electron chi connectivity index (χ2n) is 4.89. The average molecular weight is 314 g/mol. The molecule has 1 amide bonds. The molecule has 1 aromatic heterocycles. The van der Waals surface area contributed by atoms with Crippen molar-refractivity contribution < 1.29 is 4.79 Å². The van der Waals surface area contributed by atoms with Gasteiger partial charge < -0.3 is 15.6 Å². The number of aromatic nitrogens is 1. The highest BCUT2D eigenvalue weighted by molar-refractivity contribution is 9.10. The summed E-state index contributed by atoms with van der Waals surface area (Å²) in [5.74, 6) is 0.563. The number of amides is 1. The Labute approximate surface area is 116 Å². The molecule has 0 saturated heterocycles. The third kappa shape index (κ3) is 3.14. The maximum atomic E-state index is 12.2. The van der Waals surface area contributed by atoms with E-state index in [1.807, 2.05) is 16.8 Å². The van der Waals surface area contributed by atoms with Gasteiger partial charge in [-0.1, -0.05) is 6.92 Å². The zero-order valence-corrected chi connectivity index (χ0v) is 12.2. The van der Waals surface area contributed by atoms with Crippen LogP contribution in [0.4, 0.5) is 0 Å². The average Bonchev–Trinajstić information content (AvgIpc) is 3.11. The Morgan fingerprint density at radius 1 is 1.67 bits per heavy atom. The number of nitrogens with zero attached hydrogens (tertiary/aromatic N) is 1. The Morgan fingerprint density at radius 3 is 2.94 bits per heavy atom. The Hall–Kier alpha value is -0.810. The lowest BCUT2D eigenvalue weighted by molar-refractivity contribution is 0.0924. The van der Waals surface area contributed by atoms with Gasteiger partial charge >= 0.3 is 0 Å². The number of hydrogen-bond donors (Lipinski definition) is 2. The standard InChI is InChI=1S/C13H20BrN3O/c1-2-5-17-8-10(14)6-12(17)13(18)16-11(7-15)9-3-4-9/h6,8-9,11H,2-5,7,15H2,1H3,(H,16,18). The van der Waals surface area contributed by atoms with Gasteiger partial charge in [-0.2, -0.15) is 0 Å². The lowest BCUT2D eigenvalue weighted by Gasteiger charge is -2.16. The van der Waals surface area contributed by atoms with Crippen molar-refractivity contribution in [1.29, 1.82) is 0 Å². The fourth-order valence-electron chi connectivity index (χ4n) is 2.20. The van der Waals surface area contributed by atoms with Gasteiger partial charge in [0.15, 0.2) is 0 Å². The third-order valence-corrected chi connectivity index (χ3v) is 3.76. The van der Waals surface area contributed by atoms with Gasteiger partial charge in [0.1, 0.15) is 5.69 Å². The largest absolute Gasteiger partial charge is 0.346 e. The zero-order chi connectivity index (χ0) is 13.1. The van der Waals surface area contributed by atoms with E-state index in [1.54, 1.807) is 0 Å². The van der Waals surface area contributed by atoms with Crippen LogP contribution in [0, 0.1) is 5.92 Å². The Balaban J connectivity index is 2.07. The van der Waals surface area contributed by atoms with Crippen molar-refractivity contribution >= 4 is 21.8 Å². The van der Waals surface area contributed by atoms with Crippen LogP contribution in [0.15, 0.2) is 16.7 Å². The summed E-state index contributed by atoms with van der Waals surface area (Å²) in [4.78, 5) is 12.2. The lowest BCUT2D eigenvalue weighted by Crippen LogP contribution is -2.42. The number of rotatable bonds is 6. The van der Waals surface area contributed by atoms with Crippen molar-refractivity contribution in [2.75, 3.05) is 6.54 Å². The second kappa shape index (κ2) is 5.89. The van der Waals surface area contributed by atoms with Crippen molar-refractivity contribution in [3.05, 3.63) is 22.4 Å². The minimum Gasteiger partial charge on any atom is -0.346 e. The normalized spacial score (nSPS) is 16.6. The third-order valence-electron chi connectivity index (χ3n) is 3.32. The molecule has 1 unspecified atom stereocenters. The highest BCUT2D eigenvalue weighted by Crippen LogP contribution is 2.32. The summed E-state index contributed by atoms with van der Waals surface area (Å²) < 4.78 is 2.93. The quantitative estimate of drug-likeness (QED) is 0.845. The zero-order valence-electron chi connectivity index (χ0n) is 10.7. The van der Waals surface area contributed by atoms with Crippen LogP contribution in [-0.2, 0) is 6.54 Å². The molecule has 100 valence electrons. The first-order valence-electron chi connectivity index (χ1n) is 6.52. The van der Waals surface area contributed by atoms with Gasteiger partial charge in [-0.3, -0.25) is 4.79 Å². The molecule has 0 aliphatic heterocycles. The number of carbonyl (C=O) groups excluding carboxylic acids is 1. The van der Waals surface area contributed by atoms with Crippen molar-refractivity contribution in [2.45, 2.75) is 38.8 Å². The summed E-state index contributed by atoms with van der Waals surface area (Å²) in [6, 6.07) is 1.99. The summed E-state index contributed by atoms with van der Waals surface area (Å²) in [5, 5.41) is 3.05. The monoisotopic (exact) mass is 313 g/mol. The Morgan fingerprint density at radius 2 is 2.39 bits per heavy atom. The number of hydrogen-bond acceptors (Lipinski definition) is 2. The van der Waals surface area contributed by atoms with Crippen LogP contribution in [0.2, 0.25) is 0 Å². The molecule has 1 saturated carbocycles. The molecule has 3 N–H and O–H groups in total. The molecule has 1 heterocycles. The number of halogens is 1. The molecule has 4 nitrogen and oxygen atoms in total. The predicted octanol–water partition coefficient (Wildman–Crippen LogP) is 2.13. The van der Waals surface area contributed by atoms with Crippen LogP contribution in [-0.4, -0.2) is 23.1 Å². The molecule has 0 spiro atoms. The van der Waals surface area contributed by atoms with E-state index >= 15 is 0 Å². The van der Waals surface area contributed by atoms with Crippen molar-refractivity contribution in [3.8, 4) is 0 Å². The highest BCUT2D eigenvalue weighted by Gasteiger charge is 2.31. The summed E-state index contributed by atoms with van der Waals surface area (Å²) in [5.41, 5.74) is 6.42. The first-order valence-corrected chi connectivity index (χ1v) is 7.31. The molecular formula is C13H20BrN3O. The van der Waals surface area contributed by atoms with Crippen molar-refractivity contribution in [2.24, 2.45) is 11.7 Å². The van der Waals surface area contributed by atoms with Gasteiger partial charge in [0.25, 0.3) is 5.91 Å². The van der Waals surface area contributed by atoms with Gasteiger partial charge in [-0.15, -0.1) is 0 Å². The highest BCUT2D eigenvalue weighted by atomic mass is 79.9. The first-order chi connectivity index (χ1) is 8.65. The molecule has 1 atom stereocenters. The maximum absolute atomic E-state index is 12.2. The summed E-state index contributed by atoms with van der Waals surface area (Å²) in [6.07, 6.45) is 5.32. The lowest BCUT2D eigenvalue weighted by atomic mass is 10.2. The fourth-order valence-corrected chi connectivity index (χ4v) is 2.67.